The highest BCUT2D eigenvalue weighted by Crippen LogP contribution is 2.31. The van der Waals surface area contributed by atoms with Crippen LogP contribution in [0.25, 0.3) is 0 Å². The van der Waals surface area contributed by atoms with Crippen LogP contribution in [-0.4, -0.2) is 18.9 Å². The molecule has 0 amide bonds. The van der Waals surface area contributed by atoms with Gasteiger partial charge in [0.1, 0.15) is 17.8 Å². The monoisotopic (exact) mass is 597 g/mol. The lowest BCUT2D eigenvalue weighted by Gasteiger charge is -2.32. The number of Topliss-reactive ketones (excluding diaryl/α,β-unsaturated/α-hetero) is 1. The van der Waals surface area contributed by atoms with Gasteiger partial charge in [0.25, 0.3) is 0 Å². The number of unbranched alkanes of at least 4 members (excludes halogenated alkanes) is 3. The Kier molecular flexibility index (Phi) is 17.0. The van der Waals surface area contributed by atoms with Gasteiger partial charge in [0.05, 0.1) is 16.8 Å². The second-order valence-corrected chi connectivity index (χ2v) is 12.2. The average Bonchev–Trinajstić information content (AvgIpc) is 3.06. The maximum Gasteiger partial charge on any atom is 0.166 e. The average molecular weight is 598 g/mol. The molecule has 0 aliphatic carbocycles. The molecule has 0 aliphatic rings. The van der Waals surface area contributed by atoms with Crippen LogP contribution in [0.1, 0.15) is 140 Å². The van der Waals surface area contributed by atoms with Crippen LogP contribution in [0.15, 0.2) is 46.6 Å². The summed E-state index contributed by atoms with van der Waals surface area (Å²) in [6, 6.07) is 15.6. The van der Waals surface area contributed by atoms with E-state index in [2.05, 4.69) is 74.0 Å². The Morgan fingerprint density at radius 2 is 1.23 bits per heavy atom. The Hall–Kier alpha value is -3.51. The second kappa shape index (κ2) is 20.4. The molecule has 3 atom stereocenters. The molecule has 2 rings (SSSR count). The zero-order valence-corrected chi connectivity index (χ0v) is 28.2. The first-order valence-electron chi connectivity index (χ1n) is 17.2. The Balaban J connectivity index is 2.34. The molecule has 0 saturated carbocycles. The van der Waals surface area contributed by atoms with E-state index in [0.717, 1.165) is 38.8 Å². The van der Waals surface area contributed by atoms with E-state index in [4.69, 9.17) is 0 Å². The third-order valence-electron chi connectivity index (χ3n) is 8.93. The van der Waals surface area contributed by atoms with E-state index in [-0.39, 0.29) is 28.5 Å². The van der Waals surface area contributed by atoms with Crippen LogP contribution in [0.3, 0.4) is 0 Å². The van der Waals surface area contributed by atoms with Crippen molar-refractivity contribution in [2.75, 3.05) is 18.0 Å². The molecule has 6 nitrogen and oxygen atoms in total. The molecule has 0 aromatic heterocycles. The molecular weight excluding hydrogens is 542 g/mol. The van der Waals surface area contributed by atoms with Crippen LogP contribution in [0.4, 0.5) is 17.1 Å². The highest BCUT2D eigenvalue weighted by molar-refractivity contribution is 5.99. The van der Waals surface area contributed by atoms with Crippen LogP contribution in [-0.2, 0) is 0 Å². The summed E-state index contributed by atoms with van der Waals surface area (Å²) in [4.78, 5) is 15.8. The molecule has 0 fully saturated rings. The molecule has 0 N–H and O–H groups in total. The van der Waals surface area contributed by atoms with Crippen molar-refractivity contribution in [3.8, 4) is 12.1 Å². The fourth-order valence-corrected chi connectivity index (χ4v) is 5.84. The number of rotatable bonds is 21. The topological polar surface area (TPSA) is 92.6 Å². The normalized spacial score (nSPS) is 13.3. The van der Waals surface area contributed by atoms with Crippen LogP contribution in [0.2, 0.25) is 0 Å². The predicted octanol–water partition coefficient (Wildman–Crippen LogP) is 11.5. The largest absolute Gasteiger partial charge is 0.371 e. The molecular formula is C38H55N5O. The van der Waals surface area contributed by atoms with Gasteiger partial charge in [0.15, 0.2) is 5.78 Å². The van der Waals surface area contributed by atoms with Crippen molar-refractivity contribution in [1.29, 1.82) is 10.5 Å². The van der Waals surface area contributed by atoms with Crippen LogP contribution >= 0.6 is 0 Å². The number of ketones is 1. The molecule has 44 heavy (non-hydrogen) atoms. The van der Waals surface area contributed by atoms with E-state index in [1.54, 1.807) is 12.1 Å². The molecule has 0 bridgehead atoms. The van der Waals surface area contributed by atoms with Gasteiger partial charge in [-0.1, -0.05) is 92.9 Å². The second-order valence-electron chi connectivity index (χ2n) is 12.2. The lowest BCUT2D eigenvalue weighted by atomic mass is 9.89. The number of nitriles is 2. The fraction of sp³-hybridized carbons (Fsp3) is 0.605. The van der Waals surface area contributed by atoms with Gasteiger partial charge in [-0.05, 0) is 73.9 Å². The van der Waals surface area contributed by atoms with E-state index in [0.29, 0.717) is 23.1 Å². The van der Waals surface area contributed by atoms with Gasteiger partial charge in [-0.15, -0.1) is 5.11 Å². The minimum Gasteiger partial charge on any atom is -0.371 e. The van der Waals surface area contributed by atoms with E-state index in [9.17, 15) is 15.3 Å². The van der Waals surface area contributed by atoms with Gasteiger partial charge in [-0.2, -0.15) is 15.6 Å². The molecule has 0 radical (unpaired) electrons. The van der Waals surface area contributed by atoms with Gasteiger partial charge in [0, 0.05) is 30.3 Å². The lowest BCUT2D eigenvalue weighted by Crippen LogP contribution is -2.34. The van der Waals surface area contributed by atoms with Gasteiger partial charge in [0.2, 0.25) is 0 Å². The first-order chi connectivity index (χ1) is 21.4. The number of hydrogen-bond donors (Lipinski definition) is 0. The van der Waals surface area contributed by atoms with Crippen LogP contribution < -0.4 is 4.90 Å². The quantitative estimate of drug-likeness (QED) is 0.106. The number of hydrogen-bond acceptors (Lipinski definition) is 6. The molecule has 3 unspecified atom stereocenters. The van der Waals surface area contributed by atoms with Crippen LogP contribution in [0.5, 0.6) is 0 Å². The minimum atomic E-state index is -0.114. The third kappa shape index (κ3) is 11.2. The summed E-state index contributed by atoms with van der Waals surface area (Å²) in [6.45, 7) is 15.4. The van der Waals surface area contributed by atoms with Crippen molar-refractivity contribution in [2.24, 2.45) is 28.0 Å². The van der Waals surface area contributed by atoms with Crippen LogP contribution in [0, 0.1) is 40.4 Å². The summed E-state index contributed by atoms with van der Waals surface area (Å²) >= 11 is 0. The Morgan fingerprint density at radius 1 is 0.727 bits per heavy atom. The Labute approximate surface area is 267 Å². The highest BCUT2D eigenvalue weighted by atomic mass is 16.1. The van der Waals surface area contributed by atoms with Crippen molar-refractivity contribution in [2.45, 2.75) is 119 Å². The van der Waals surface area contributed by atoms with Crippen molar-refractivity contribution >= 4 is 22.8 Å². The SMILES string of the molecule is CCCCC(CC)CN(CC(CC)CCCC)c1ccc(N=Nc2c(C#N)cc(C(=O)C(CC)CCCC)cc2C#N)cc1. The minimum absolute atomic E-state index is 0.0161. The molecule has 238 valence electrons. The maximum atomic E-state index is 13.2. The van der Waals surface area contributed by atoms with Crippen molar-refractivity contribution < 1.29 is 4.79 Å². The van der Waals surface area contributed by atoms with E-state index >= 15 is 0 Å². The van der Waals surface area contributed by atoms with Crippen molar-refractivity contribution in [3.05, 3.63) is 53.1 Å². The van der Waals surface area contributed by atoms with Crippen molar-refractivity contribution in [3.63, 3.8) is 0 Å². The Morgan fingerprint density at radius 3 is 1.66 bits per heavy atom. The first-order valence-corrected chi connectivity index (χ1v) is 17.2. The number of azo groups is 1. The predicted molar refractivity (Wildman–Crippen MR) is 183 cm³/mol. The van der Waals surface area contributed by atoms with E-state index in [1.807, 2.05) is 19.1 Å². The number of anilines is 1. The lowest BCUT2D eigenvalue weighted by molar-refractivity contribution is 0.0908. The number of benzene rings is 2. The molecule has 2 aromatic rings. The smallest absolute Gasteiger partial charge is 0.166 e. The van der Waals surface area contributed by atoms with Gasteiger partial charge < -0.3 is 4.90 Å². The molecule has 0 heterocycles. The van der Waals surface area contributed by atoms with Gasteiger partial charge >= 0.3 is 0 Å². The number of carbonyl (C=O) groups excluding carboxylic acids is 1. The zero-order chi connectivity index (χ0) is 32.3. The molecule has 2 aromatic carbocycles. The summed E-state index contributed by atoms with van der Waals surface area (Å²) in [7, 11) is 0. The third-order valence-corrected chi connectivity index (χ3v) is 8.93. The van der Waals surface area contributed by atoms with E-state index < -0.39 is 0 Å². The standard InChI is InChI=1S/C38H55N5O/c1-7-13-16-29(10-4)27-43(28-30(11-5)17-14-8-2)36-21-19-35(20-22-36)41-42-37-33(25-39)23-32(24-34(37)26-40)38(44)31(12-6)18-15-9-3/h19-24,29-31H,7-18,27-28H2,1-6H3. The highest BCUT2D eigenvalue weighted by Gasteiger charge is 2.22. The van der Waals surface area contributed by atoms with Gasteiger partial charge in [-0.3, -0.25) is 4.79 Å². The first kappa shape index (κ1) is 36.7. The fourth-order valence-electron chi connectivity index (χ4n) is 5.84. The maximum absolute atomic E-state index is 13.2. The summed E-state index contributed by atoms with van der Waals surface area (Å²) in [5, 5.41) is 28.6. The number of nitrogens with zero attached hydrogens (tertiary/aromatic N) is 5. The summed E-state index contributed by atoms with van der Waals surface area (Å²) in [6.07, 6.45) is 13.4. The number of carbonyl (C=O) groups is 1. The zero-order valence-electron chi connectivity index (χ0n) is 28.2. The molecule has 0 aliphatic heterocycles. The summed E-state index contributed by atoms with van der Waals surface area (Å²) in [5.74, 6) is 1.21. The molecule has 6 heteroatoms. The van der Waals surface area contributed by atoms with E-state index in [1.165, 1.54) is 57.1 Å². The summed E-state index contributed by atoms with van der Waals surface area (Å²) < 4.78 is 0. The van der Waals surface area contributed by atoms with Gasteiger partial charge in [-0.25, -0.2) is 0 Å². The summed E-state index contributed by atoms with van der Waals surface area (Å²) in [5.41, 5.74) is 2.85. The van der Waals surface area contributed by atoms with Crippen molar-refractivity contribution in [1.82, 2.24) is 0 Å². The molecule has 0 spiro atoms. The Bertz CT molecular complexity index is 1200. The molecule has 0 saturated heterocycles.